The second-order valence-corrected chi connectivity index (χ2v) is 6.82. The molecule has 1 N–H and O–H groups in total. The van der Waals surface area contributed by atoms with E-state index in [1.807, 2.05) is 30.5 Å². The van der Waals surface area contributed by atoms with Crippen LogP contribution in [0.1, 0.15) is 32.9 Å². The number of benzene rings is 2. The second-order valence-electron chi connectivity index (χ2n) is 6.82. The van der Waals surface area contributed by atoms with Gasteiger partial charge in [-0.05, 0) is 63.1 Å². The van der Waals surface area contributed by atoms with Crippen molar-refractivity contribution < 1.29 is 14.3 Å². The fraction of sp³-hybridized carbons (Fsp3) is 0.217. The van der Waals surface area contributed by atoms with E-state index >= 15 is 0 Å². The first-order valence-electron chi connectivity index (χ1n) is 9.09. The molecule has 0 spiro atoms. The van der Waals surface area contributed by atoms with Gasteiger partial charge in [0.25, 0.3) is 11.7 Å². The summed E-state index contributed by atoms with van der Waals surface area (Å²) in [6.45, 7) is 7.90. The Balaban J connectivity index is 1.95. The first kappa shape index (κ1) is 19.4. The lowest BCUT2D eigenvalue weighted by atomic mass is 10.1. The number of amides is 1. The molecule has 1 heterocycles. The lowest BCUT2D eigenvalue weighted by Gasteiger charge is -2.14. The van der Waals surface area contributed by atoms with Gasteiger partial charge in [0.1, 0.15) is 5.75 Å². The Morgan fingerprint density at radius 1 is 0.964 bits per heavy atom. The van der Waals surface area contributed by atoms with Gasteiger partial charge in [0, 0.05) is 22.6 Å². The Morgan fingerprint density at radius 3 is 2.39 bits per heavy atom. The van der Waals surface area contributed by atoms with Crippen molar-refractivity contribution in [2.75, 3.05) is 12.4 Å². The average Bonchev–Trinajstić information content (AvgIpc) is 2.98. The molecule has 0 atom stereocenters. The molecule has 2 aromatic carbocycles. The van der Waals surface area contributed by atoms with Crippen LogP contribution in [-0.4, -0.2) is 23.4 Å². The monoisotopic (exact) mass is 376 g/mol. The lowest BCUT2D eigenvalue weighted by Crippen LogP contribution is -2.23. The van der Waals surface area contributed by atoms with Crippen LogP contribution in [0.5, 0.6) is 5.75 Å². The van der Waals surface area contributed by atoms with Crippen LogP contribution in [0.25, 0.3) is 5.69 Å². The maximum absolute atomic E-state index is 12.9. The standard InChI is InChI=1S/C23H24N2O3/c1-14-9-8-11-20(16(14)3)25-15(2)13-18(17(25)4)22(26)23(27)24-19-10-6-7-12-21(19)28-5/h6-13H,1-5H3,(H,24,27). The SMILES string of the molecule is COc1ccccc1NC(=O)C(=O)c1cc(C)n(-c2cccc(C)c2C)c1C. The zero-order valence-corrected chi connectivity index (χ0v) is 16.8. The van der Waals surface area contributed by atoms with Gasteiger partial charge in [-0.1, -0.05) is 24.3 Å². The number of nitrogens with zero attached hydrogens (tertiary/aromatic N) is 1. The average molecular weight is 376 g/mol. The molecular weight excluding hydrogens is 352 g/mol. The highest BCUT2D eigenvalue weighted by atomic mass is 16.5. The van der Waals surface area contributed by atoms with E-state index in [1.54, 1.807) is 30.3 Å². The van der Waals surface area contributed by atoms with Crippen LogP contribution in [-0.2, 0) is 4.79 Å². The maximum atomic E-state index is 12.9. The van der Waals surface area contributed by atoms with Crippen LogP contribution in [0.3, 0.4) is 0 Å². The molecule has 0 radical (unpaired) electrons. The van der Waals surface area contributed by atoms with Gasteiger partial charge in [-0.25, -0.2) is 0 Å². The third kappa shape index (κ3) is 3.43. The minimum atomic E-state index is -0.689. The predicted octanol–water partition coefficient (Wildman–Crippen LogP) is 4.54. The Bertz CT molecular complexity index is 1060. The van der Waals surface area contributed by atoms with Gasteiger partial charge in [0.15, 0.2) is 0 Å². The molecule has 5 heteroatoms. The van der Waals surface area contributed by atoms with Crippen LogP contribution >= 0.6 is 0 Å². The van der Waals surface area contributed by atoms with E-state index in [2.05, 4.69) is 25.2 Å². The van der Waals surface area contributed by atoms with E-state index in [0.29, 0.717) is 17.0 Å². The van der Waals surface area contributed by atoms with Crippen LogP contribution in [0.15, 0.2) is 48.5 Å². The van der Waals surface area contributed by atoms with Crippen LogP contribution < -0.4 is 10.1 Å². The number of carbonyl (C=O) groups is 2. The normalized spacial score (nSPS) is 10.6. The number of ketones is 1. The molecule has 0 fully saturated rings. The number of rotatable bonds is 5. The summed E-state index contributed by atoms with van der Waals surface area (Å²) in [6, 6.07) is 14.8. The first-order valence-corrected chi connectivity index (χ1v) is 9.09. The zero-order chi connectivity index (χ0) is 20.4. The number of aryl methyl sites for hydroxylation is 2. The molecule has 0 aliphatic rings. The van der Waals surface area contributed by atoms with Crippen molar-refractivity contribution in [3.05, 3.63) is 76.6 Å². The molecular formula is C23H24N2O3. The quantitative estimate of drug-likeness (QED) is 0.525. The molecule has 0 bridgehead atoms. The molecule has 5 nitrogen and oxygen atoms in total. The number of hydrogen-bond acceptors (Lipinski definition) is 3. The van der Waals surface area contributed by atoms with Gasteiger partial charge in [0.2, 0.25) is 0 Å². The van der Waals surface area contributed by atoms with Gasteiger partial charge < -0.3 is 14.6 Å². The zero-order valence-electron chi connectivity index (χ0n) is 16.8. The minimum absolute atomic E-state index is 0.394. The van der Waals surface area contributed by atoms with Crippen molar-refractivity contribution in [3.63, 3.8) is 0 Å². The highest BCUT2D eigenvalue weighted by Crippen LogP contribution is 2.26. The Labute approximate surface area is 165 Å². The number of carbonyl (C=O) groups excluding carboxylic acids is 2. The van der Waals surface area contributed by atoms with Gasteiger partial charge in [-0.2, -0.15) is 0 Å². The van der Waals surface area contributed by atoms with E-state index in [0.717, 1.165) is 22.6 Å². The van der Waals surface area contributed by atoms with Crippen molar-refractivity contribution in [1.82, 2.24) is 4.57 Å². The Morgan fingerprint density at radius 2 is 1.68 bits per heavy atom. The van der Waals surface area contributed by atoms with Gasteiger partial charge in [-0.15, -0.1) is 0 Å². The van der Waals surface area contributed by atoms with E-state index in [1.165, 1.54) is 12.7 Å². The van der Waals surface area contributed by atoms with Gasteiger partial charge >= 0.3 is 0 Å². The summed E-state index contributed by atoms with van der Waals surface area (Å²) in [5.41, 5.74) is 5.83. The topological polar surface area (TPSA) is 60.3 Å². The number of nitrogens with one attached hydrogen (secondary N) is 1. The molecule has 3 aromatic rings. The third-order valence-corrected chi connectivity index (χ3v) is 5.05. The Hall–Kier alpha value is -3.34. The summed E-state index contributed by atoms with van der Waals surface area (Å²) in [7, 11) is 1.52. The first-order chi connectivity index (χ1) is 13.3. The summed E-state index contributed by atoms with van der Waals surface area (Å²) in [4.78, 5) is 25.4. The van der Waals surface area contributed by atoms with E-state index in [-0.39, 0.29) is 0 Å². The van der Waals surface area contributed by atoms with Crippen molar-refractivity contribution >= 4 is 17.4 Å². The van der Waals surface area contributed by atoms with Crippen molar-refractivity contribution in [2.24, 2.45) is 0 Å². The summed E-state index contributed by atoms with van der Waals surface area (Å²) < 4.78 is 7.25. The van der Waals surface area contributed by atoms with Crippen molar-refractivity contribution in [2.45, 2.75) is 27.7 Å². The highest BCUT2D eigenvalue weighted by molar-refractivity contribution is 6.47. The number of para-hydroxylation sites is 2. The molecule has 144 valence electrons. The molecule has 0 unspecified atom stereocenters. The minimum Gasteiger partial charge on any atom is -0.495 e. The molecule has 1 aromatic heterocycles. The molecule has 0 aliphatic heterocycles. The predicted molar refractivity (Wildman–Crippen MR) is 111 cm³/mol. The number of hydrogen-bond donors (Lipinski definition) is 1. The van der Waals surface area contributed by atoms with E-state index < -0.39 is 11.7 Å². The van der Waals surface area contributed by atoms with E-state index in [9.17, 15) is 9.59 Å². The van der Waals surface area contributed by atoms with Crippen LogP contribution in [0.2, 0.25) is 0 Å². The number of anilines is 1. The van der Waals surface area contributed by atoms with E-state index in [4.69, 9.17) is 4.74 Å². The summed E-state index contributed by atoms with van der Waals surface area (Å²) in [5, 5.41) is 2.65. The Kier molecular flexibility index (Phi) is 5.36. The van der Waals surface area contributed by atoms with Crippen molar-refractivity contribution in [1.29, 1.82) is 0 Å². The van der Waals surface area contributed by atoms with Crippen LogP contribution in [0.4, 0.5) is 5.69 Å². The molecule has 1 amide bonds. The van der Waals surface area contributed by atoms with Crippen molar-refractivity contribution in [3.8, 4) is 11.4 Å². The largest absolute Gasteiger partial charge is 0.495 e. The molecule has 28 heavy (non-hydrogen) atoms. The van der Waals surface area contributed by atoms with Gasteiger partial charge in [-0.3, -0.25) is 9.59 Å². The molecule has 0 saturated heterocycles. The van der Waals surface area contributed by atoms with Crippen LogP contribution in [0, 0.1) is 27.7 Å². The fourth-order valence-corrected chi connectivity index (χ4v) is 3.39. The van der Waals surface area contributed by atoms with Gasteiger partial charge in [0.05, 0.1) is 12.8 Å². The molecule has 0 aliphatic carbocycles. The summed E-state index contributed by atoms with van der Waals surface area (Å²) in [6.07, 6.45) is 0. The molecule has 3 rings (SSSR count). The number of aromatic nitrogens is 1. The maximum Gasteiger partial charge on any atom is 0.296 e. The number of methoxy groups -OCH3 is 1. The highest BCUT2D eigenvalue weighted by Gasteiger charge is 2.24. The second kappa shape index (κ2) is 7.72. The fourth-order valence-electron chi connectivity index (χ4n) is 3.39. The lowest BCUT2D eigenvalue weighted by molar-refractivity contribution is -0.112. The third-order valence-electron chi connectivity index (χ3n) is 5.05. The number of Topliss-reactive ketones (excluding diaryl/α,β-unsaturated/α-hetero) is 1. The summed E-state index contributed by atoms with van der Waals surface area (Å²) >= 11 is 0. The number of ether oxygens (including phenoxy) is 1. The molecule has 0 saturated carbocycles. The summed E-state index contributed by atoms with van der Waals surface area (Å²) in [5.74, 6) is -0.759. The smallest absolute Gasteiger partial charge is 0.296 e.